The maximum Gasteiger partial charge on any atom is 0.0740 e. The van der Waals surface area contributed by atoms with Crippen molar-refractivity contribution < 1.29 is 0 Å². The number of halogens is 1. The summed E-state index contributed by atoms with van der Waals surface area (Å²) >= 11 is 0. The molecule has 0 aliphatic carbocycles. The van der Waals surface area contributed by atoms with Crippen molar-refractivity contribution in [3.8, 4) is 5.69 Å². The van der Waals surface area contributed by atoms with Gasteiger partial charge in [-0.15, -0.1) is 12.4 Å². The van der Waals surface area contributed by atoms with Crippen LogP contribution in [0.15, 0.2) is 30.5 Å². The number of nitrogens with zero attached hydrogens (tertiary/aromatic N) is 2. The van der Waals surface area contributed by atoms with E-state index >= 15 is 0 Å². The number of hydrogen-bond acceptors (Lipinski definition) is 2. The Morgan fingerprint density at radius 1 is 1.29 bits per heavy atom. The predicted molar refractivity (Wildman–Crippen MR) is 74.1 cm³/mol. The van der Waals surface area contributed by atoms with E-state index in [0.29, 0.717) is 5.92 Å². The number of aryl methyl sites for hydroxylation is 1. The zero-order chi connectivity index (χ0) is 11.7. The van der Waals surface area contributed by atoms with Crippen LogP contribution in [0.4, 0.5) is 5.69 Å². The Morgan fingerprint density at radius 2 is 2.00 bits per heavy atom. The van der Waals surface area contributed by atoms with Crippen LogP contribution in [0.2, 0.25) is 0 Å². The van der Waals surface area contributed by atoms with Crippen LogP contribution in [-0.4, -0.2) is 9.78 Å². The fourth-order valence-corrected chi connectivity index (χ4v) is 1.91. The van der Waals surface area contributed by atoms with Gasteiger partial charge in [-0.2, -0.15) is 5.10 Å². The Bertz CT molecular complexity index is 503. The van der Waals surface area contributed by atoms with Crippen molar-refractivity contribution >= 4 is 18.1 Å². The van der Waals surface area contributed by atoms with Gasteiger partial charge in [0.05, 0.1) is 23.3 Å². The monoisotopic (exact) mass is 251 g/mol. The molecule has 0 radical (unpaired) electrons. The Labute approximate surface area is 108 Å². The molecule has 0 saturated heterocycles. The number of nitrogen functional groups attached to an aromatic ring is 1. The van der Waals surface area contributed by atoms with Gasteiger partial charge < -0.3 is 5.73 Å². The summed E-state index contributed by atoms with van der Waals surface area (Å²) in [6.45, 7) is 6.32. The summed E-state index contributed by atoms with van der Waals surface area (Å²) in [5, 5.41) is 4.34. The van der Waals surface area contributed by atoms with Crippen molar-refractivity contribution in [3.05, 3.63) is 41.7 Å². The van der Waals surface area contributed by atoms with Crippen LogP contribution >= 0.6 is 12.4 Å². The first-order valence-corrected chi connectivity index (χ1v) is 5.50. The van der Waals surface area contributed by atoms with Crippen LogP contribution in [0.3, 0.4) is 0 Å². The van der Waals surface area contributed by atoms with E-state index in [1.165, 1.54) is 5.56 Å². The molecule has 0 fully saturated rings. The molecule has 0 atom stereocenters. The molecule has 0 spiro atoms. The molecule has 2 N–H and O–H groups in total. The van der Waals surface area contributed by atoms with E-state index in [0.717, 1.165) is 17.1 Å². The zero-order valence-electron chi connectivity index (χ0n) is 10.3. The molecular weight excluding hydrogens is 234 g/mol. The van der Waals surface area contributed by atoms with Gasteiger partial charge in [-0.3, -0.25) is 0 Å². The molecule has 0 aliphatic rings. The summed E-state index contributed by atoms with van der Waals surface area (Å²) in [6.07, 6.45) is 1.72. The number of nitrogens with two attached hydrogens (primary N) is 1. The van der Waals surface area contributed by atoms with E-state index in [2.05, 4.69) is 38.0 Å². The third kappa shape index (κ3) is 2.61. The van der Waals surface area contributed by atoms with Crippen LogP contribution in [-0.2, 0) is 0 Å². The maximum absolute atomic E-state index is 5.93. The Morgan fingerprint density at radius 3 is 2.59 bits per heavy atom. The Balaban J connectivity index is 0.00000144. The van der Waals surface area contributed by atoms with Crippen molar-refractivity contribution in [3.63, 3.8) is 0 Å². The lowest BCUT2D eigenvalue weighted by Gasteiger charge is -2.11. The molecule has 1 heterocycles. The highest BCUT2D eigenvalue weighted by atomic mass is 35.5. The lowest BCUT2D eigenvalue weighted by Crippen LogP contribution is -2.05. The Kier molecular flexibility index (Phi) is 4.18. The fraction of sp³-hybridized carbons (Fsp3) is 0.308. The molecule has 0 bridgehead atoms. The molecule has 3 nitrogen and oxygen atoms in total. The van der Waals surface area contributed by atoms with Gasteiger partial charge in [-0.05, 0) is 30.5 Å². The van der Waals surface area contributed by atoms with Crippen molar-refractivity contribution in [2.24, 2.45) is 0 Å². The van der Waals surface area contributed by atoms with Crippen LogP contribution in [0.5, 0.6) is 0 Å². The summed E-state index contributed by atoms with van der Waals surface area (Å²) in [4.78, 5) is 0. The second kappa shape index (κ2) is 5.23. The highest BCUT2D eigenvalue weighted by Crippen LogP contribution is 2.24. The summed E-state index contributed by atoms with van der Waals surface area (Å²) in [6, 6.07) is 8.27. The quantitative estimate of drug-likeness (QED) is 0.890. The zero-order valence-corrected chi connectivity index (χ0v) is 11.2. The topological polar surface area (TPSA) is 43.8 Å². The average Bonchev–Trinajstić information content (AvgIpc) is 2.60. The SMILES string of the molecule is Cc1cccc(-n2ncc(N)c2C(C)C)c1.Cl. The van der Waals surface area contributed by atoms with E-state index in [1.807, 2.05) is 16.8 Å². The second-order valence-electron chi connectivity index (χ2n) is 4.39. The van der Waals surface area contributed by atoms with E-state index in [1.54, 1.807) is 6.20 Å². The number of aromatic nitrogens is 2. The van der Waals surface area contributed by atoms with Gasteiger partial charge >= 0.3 is 0 Å². The first-order chi connectivity index (χ1) is 7.59. The summed E-state index contributed by atoms with van der Waals surface area (Å²) < 4.78 is 1.92. The molecule has 2 rings (SSSR count). The Hall–Kier alpha value is -1.48. The molecule has 1 aromatic carbocycles. The van der Waals surface area contributed by atoms with E-state index < -0.39 is 0 Å². The van der Waals surface area contributed by atoms with Gasteiger partial charge in [0.1, 0.15) is 0 Å². The molecule has 17 heavy (non-hydrogen) atoms. The van der Waals surface area contributed by atoms with Crippen LogP contribution in [0, 0.1) is 6.92 Å². The molecule has 0 aliphatic heterocycles. The van der Waals surface area contributed by atoms with Crippen molar-refractivity contribution in [2.75, 3.05) is 5.73 Å². The molecule has 0 saturated carbocycles. The van der Waals surface area contributed by atoms with Crippen LogP contribution in [0.25, 0.3) is 5.69 Å². The summed E-state index contributed by atoms with van der Waals surface area (Å²) in [7, 11) is 0. The smallest absolute Gasteiger partial charge is 0.0740 e. The normalized spacial score (nSPS) is 10.4. The van der Waals surface area contributed by atoms with Crippen LogP contribution < -0.4 is 5.73 Å². The van der Waals surface area contributed by atoms with Crippen molar-refractivity contribution in [1.29, 1.82) is 0 Å². The predicted octanol–water partition coefficient (Wildman–Crippen LogP) is 3.31. The van der Waals surface area contributed by atoms with E-state index in [9.17, 15) is 0 Å². The maximum atomic E-state index is 5.93. The molecule has 1 aromatic heterocycles. The van der Waals surface area contributed by atoms with Gasteiger partial charge in [0.2, 0.25) is 0 Å². The molecule has 0 amide bonds. The molecule has 2 aromatic rings. The van der Waals surface area contributed by atoms with Gasteiger partial charge in [0.15, 0.2) is 0 Å². The minimum Gasteiger partial charge on any atom is -0.396 e. The first kappa shape index (κ1) is 13.6. The lowest BCUT2D eigenvalue weighted by atomic mass is 10.1. The minimum absolute atomic E-state index is 0. The highest BCUT2D eigenvalue weighted by molar-refractivity contribution is 5.85. The van der Waals surface area contributed by atoms with Gasteiger partial charge in [-0.25, -0.2) is 4.68 Å². The minimum atomic E-state index is 0. The third-order valence-corrected chi connectivity index (χ3v) is 2.63. The summed E-state index contributed by atoms with van der Waals surface area (Å²) in [5.74, 6) is 0.364. The first-order valence-electron chi connectivity index (χ1n) is 5.50. The van der Waals surface area contributed by atoms with Gasteiger partial charge in [0.25, 0.3) is 0 Å². The molecule has 92 valence electrons. The second-order valence-corrected chi connectivity index (χ2v) is 4.39. The third-order valence-electron chi connectivity index (χ3n) is 2.63. The number of rotatable bonds is 2. The fourth-order valence-electron chi connectivity index (χ4n) is 1.91. The summed E-state index contributed by atoms with van der Waals surface area (Å²) in [5.41, 5.74) is 10.1. The highest BCUT2D eigenvalue weighted by Gasteiger charge is 2.13. The molecule has 4 heteroatoms. The lowest BCUT2D eigenvalue weighted by molar-refractivity contribution is 0.735. The van der Waals surface area contributed by atoms with Gasteiger partial charge in [0, 0.05) is 0 Å². The number of benzene rings is 1. The molecule has 0 unspecified atom stereocenters. The van der Waals surface area contributed by atoms with Crippen molar-refractivity contribution in [2.45, 2.75) is 26.7 Å². The van der Waals surface area contributed by atoms with E-state index in [-0.39, 0.29) is 12.4 Å². The van der Waals surface area contributed by atoms with E-state index in [4.69, 9.17) is 5.73 Å². The molecular formula is C13H18ClN3. The number of hydrogen-bond donors (Lipinski definition) is 1. The number of anilines is 1. The van der Waals surface area contributed by atoms with Crippen LogP contribution in [0.1, 0.15) is 31.0 Å². The standard InChI is InChI=1S/C13H17N3.ClH/c1-9(2)13-12(14)8-15-16(13)11-6-4-5-10(3)7-11;/h4-9H,14H2,1-3H3;1H. The van der Waals surface area contributed by atoms with Gasteiger partial charge in [-0.1, -0.05) is 26.0 Å². The largest absolute Gasteiger partial charge is 0.396 e. The van der Waals surface area contributed by atoms with Crippen molar-refractivity contribution in [1.82, 2.24) is 9.78 Å². The average molecular weight is 252 g/mol.